The lowest BCUT2D eigenvalue weighted by Crippen LogP contribution is -2.40. The molecule has 2 N–H and O–H groups in total. The second kappa shape index (κ2) is 6.34. The zero-order valence-corrected chi connectivity index (χ0v) is 14.3. The molecule has 0 aliphatic carbocycles. The highest BCUT2D eigenvalue weighted by Crippen LogP contribution is 2.28. The van der Waals surface area contributed by atoms with Crippen molar-refractivity contribution in [3.05, 3.63) is 26.6 Å². The normalized spacial score (nSPS) is 13.3. The molecule has 8 heteroatoms. The maximum atomic E-state index is 12.2. The molecule has 19 heavy (non-hydrogen) atoms. The first-order valence-corrected chi connectivity index (χ1v) is 8.46. The smallest absolute Gasteiger partial charge is 0.321 e. The average molecular weight is 415 g/mol. The zero-order valence-electron chi connectivity index (χ0n) is 10.3. The minimum Gasteiger partial charge on any atom is -0.480 e. The number of nitrogens with one attached hydrogen (secondary N) is 1. The van der Waals surface area contributed by atoms with Gasteiger partial charge in [-0.3, -0.25) is 4.79 Å². The molecule has 1 rings (SSSR count). The van der Waals surface area contributed by atoms with Gasteiger partial charge < -0.3 is 5.11 Å². The molecule has 0 saturated heterocycles. The number of hydrogen-bond donors (Lipinski definition) is 2. The van der Waals surface area contributed by atoms with E-state index in [1.807, 2.05) is 6.92 Å². The van der Waals surface area contributed by atoms with E-state index in [2.05, 4.69) is 36.6 Å². The molecule has 0 amide bonds. The average Bonchev–Trinajstić information content (AvgIpc) is 2.30. The number of rotatable bonds is 5. The highest BCUT2D eigenvalue weighted by Gasteiger charge is 2.26. The van der Waals surface area contributed by atoms with Crippen molar-refractivity contribution < 1.29 is 18.3 Å². The topological polar surface area (TPSA) is 83.5 Å². The van der Waals surface area contributed by atoms with E-state index in [0.29, 0.717) is 8.95 Å². The molecular formula is C11H13Br2NO4S. The Morgan fingerprint density at radius 2 is 1.95 bits per heavy atom. The van der Waals surface area contributed by atoms with Gasteiger partial charge >= 0.3 is 5.97 Å². The number of hydrogen-bond acceptors (Lipinski definition) is 3. The monoisotopic (exact) mass is 413 g/mol. The molecule has 0 bridgehead atoms. The van der Waals surface area contributed by atoms with Gasteiger partial charge in [0, 0.05) is 8.95 Å². The number of halogens is 2. The molecule has 0 heterocycles. The Hall–Kier alpha value is -0.440. The SMILES string of the molecule is CC[C@H](NS(=O)(=O)c1cc(Br)c(C)cc1Br)C(=O)O. The molecule has 1 atom stereocenters. The zero-order chi connectivity index (χ0) is 14.8. The lowest BCUT2D eigenvalue weighted by atomic mass is 10.2. The van der Waals surface area contributed by atoms with Gasteiger partial charge in [-0.25, -0.2) is 8.42 Å². The molecule has 0 radical (unpaired) electrons. The number of sulfonamides is 1. The molecule has 0 aliphatic rings. The molecule has 1 aromatic rings. The van der Waals surface area contributed by atoms with Crippen molar-refractivity contribution in [2.75, 3.05) is 0 Å². The first-order chi connectivity index (χ1) is 8.69. The fourth-order valence-corrected chi connectivity index (χ4v) is 4.34. The summed E-state index contributed by atoms with van der Waals surface area (Å²) in [4.78, 5) is 10.9. The van der Waals surface area contributed by atoms with Gasteiger partial charge in [-0.15, -0.1) is 0 Å². The largest absolute Gasteiger partial charge is 0.480 e. The van der Waals surface area contributed by atoms with Crippen LogP contribution in [0.15, 0.2) is 26.0 Å². The Morgan fingerprint density at radius 1 is 1.37 bits per heavy atom. The van der Waals surface area contributed by atoms with Crippen LogP contribution in [0.1, 0.15) is 18.9 Å². The Morgan fingerprint density at radius 3 is 2.42 bits per heavy atom. The van der Waals surface area contributed by atoms with E-state index in [1.165, 1.54) is 6.07 Å². The van der Waals surface area contributed by atoms with E-state index in [1.54, 1.807) is 13.0 Å². The first kappa shape index (κ1) is 16.6. The summed E-state index contributed by atoms with van der Waals surface area (Å²) < 4.78 is 27.5. The van der Waals surface area contributed by atoms with Gasteiger partial charge in [0.25, 0.3) is 0 Å². The summed E-state index contributed by atoms with van der Waals surface area (Å²) in [6.45, 7) is 3.42. The minimum absolute atomic E-state index is 0.00433. The molecule has 0 unspecified atom stereocenters. The van der Waals surface area contributed by atoms with Gasteiger partial charge in [0.1, 0.15) is 6.04 Å². The second-order valence-corrected chi connectivity index (χ2v) is 7.34. The summed E-state index contributed by atoms with van der Waals surface area (Å²) in [6.07, 6.45) is 0.166. The van der Waals surface area contributed by atoms with Gasteiger partial charge in [-0.05, 0) is 47.0 Å². The van der Waals surface area contributed by atoms with Crippen LogP contribution in [0.5, 0.6) is 0 Å². The van der Waals surface area contributed by atoms with Crippen molar-refractivity contribution >= 4 is 47.9 Å². The number of carboxylic acids is 1. The Kier molecular flexibility index (Phi) is 5.54. The summed E-state index contributed by atoms with van der Waals surface area (Å²) >= 11 is 6.43. The predicted molar refractivity (Wildman–Crippen MR) is 78.6 cm³/mol. The maximum Gasteiger partial charge on any atom is 0.321 e. The molecule has 0 fully saturated rings. The van der Waals surface area contributed by atoms with Crippen LogP contribution < -0.4 is 4.72 Å². The van der Waals surface area contributed by atoms with Crippen molar-refractivity contribution in [2.24, 2.45) is 0 Å². The van der Waals surface area contributed by atoms with Crippen LogP contribution in [0.4, 0.5) is 0 Å². The highest BCUT2D eigenvalue weighted by atomic mass is 79.9. The number of aryl methyl sites for hydroxylation is 1. The highest BCUT2D eigenvalue weighted by molar-refractivity contribution is 9.11. The van der Waals surface area contributed by atoms with Crippen molar-refractivity contribution in [1.29, 1.82) is 0 Å². The van der Waals surface area contributed by atoms with E-state index in [0.717, 1.165) is 5.56 Å². The van der Waals surface area contributed by atoms with Crippen molar-refractivity contribution in [3.8, 4) is 0 Å². The fraction of sp³-hybridized carbons (Fsp3) is 0.364. The third-order valence-corrected chi connectivity index (χ3v) is 5.79. The Bertz CT molecular complexity index is 601. The van der Waals surface area contributed by atoms with Gasteiger partial charge in [0.2, 0.25) is 10.0 Å². The number of benzene rings is 1. The number of carbonyl (C=O) groups is 1. The summed E-state index contributed by atoms with van der Waals surface area (Å²) in [7, 11) is -3.89. The van der Waals surface area contributed by atoms with Crippen LogP contribution in [0.2, 0.25) is 0 Å². The van der Waals surface area contributed by atoms with Crippen LogP contribution in [0.25, 0.3) is 0 Å². The molecule has 5 nitrogen and oxygen atoms in total. The van der Waals surface area contributed by atoms with E-state index >= 15 is 0 Å². The molecule has 0 spiro atoms. The summed E-state index contributed by atoms with van der Waals surface area (Å²) in [5, 5.41) is 8.90. The third kappa shape index (κ3) is 4.01. The predicted octanol–water partition coefficient (Wildman–Crippen LogP) is 2.66. The fourth-order valence-electron chi connectivity index (χ4n) is 1.39. The Balaban J connectivity index is 3.21. The summed E-state index contributed by atoms with van der Waals surface area (Å²) in [5.41, 5.74) is 0.871. The van der Waals surface area contributed by atoms with Crippen LogP contribution in [-0.2, 0) is 14.8 Å². The standard InChI is InChI=1S/C11H13Br2NO4S/c1-3-9(11(15)16)14-19(17,18)10-5-7(12)6(2)4-8(10)13/h4-5,9,14H,3H2,1-2H3,(H,15,16)/t9-/m0/s1. The van der Waals surface area contributed by atoms with Crippen molar-refractivity contribution in [3.63, 3.8) is 0 Å². The third-order valence-electron chi connectivity index (χ3n) is 2.51. The molecule has 1 aromatic carbocycles. The quantitative estimate of drug-likeness (QED) is 0.775. The molecule has 106 valence electrons. The van der Waals surface area contributed by atoms with E-state index in [-0.39, 0.29) is 11.3 Å². The van der Waals surface area contributed by atoms with Crippen LogP contribution in [-0.4, -0.2) is 25.5 Å². The molecule has 0 aliphatic heterocycles. The van der Waals surface area contributed by atoms with Crippen molar-refractivity contribution in [1.82, 2.24) is 4.72 Å². The van der Waals surface area contributed by atoms with E-state index < -0.39 is 22.0 Å². The van der Waals surface area contributed by atoms with E-state index in [4.69, 9.17) is 5.11 Å². The minimum atomic E-state index is -3.89. The number of aliphatic carboxylic acids is 1. The van der Waals surface area contributed by atoms with Gasteiger partial charge in [0.15, 0.2) is 0 Å². The molecular weight excluding hydrogens is 402 g/mol. The van der Waals surface area contributed by atoms with Gasteiger partial charge in [-0.2, -0.15) is 4.72 Å². The lowest BCUT2D eigenvalue weighted by molar-refractivity contribution is -0.139. The molecule has 0 aromatic heterocycles. The van der Waals surface area contributed by atoms with Crippen LogP contribution in [0, 0.1) is 6.92 Å². The van der Waals surface area contributed by atoms with E-state index in [9.17, 15) is 13.2 Å². The second-order valence-electron chi connectivity index (χ2n) is 3.95. The first-order valence-electron chi connectivity index (χ1n) is 5.39. The maximum absolute atomic E-state index is 12.2. The van der Waals surface area contributed by atoms with Gasteiger partial charge in [-0.1, -0.05) is 22.9 Å². The lowest BCUT2D eigenvalue weighted by Gasteiger charge is -2.14. The van der Waals surface area contributed by atoms with Gasteiger partial charge in [0.05, 0.1) is 4.90 Å². The Labute approximate surface area is 128 Å². The summed E-state index contributed by atoms with van der Waals surface area (Å²) in [5.74, 6) is -1.20. The molecule has 0 saturated carbocycles. The van der Waals surface area contributed by atoms with Crippen molar-refractivity contribution in [2.45, 2.75) is 31.2 Å². The summed E-state index contributed by atoms with van der Waals surface area (Å²) in [6, 6.07) is 1.95. The number of carboxylic acid groups (broad SMARTS) is 1. The van der Waals surface area contributed by atoms with Crippen LogP contribution >= 0.6 is 31.9 Å². The van der Waals surface area contributed by atoms with Crippen LogP contribution in [0.3, 0.4) is 0 Å².